The Morgan fingerprint density at radius 3 is 3.25 bits per heavy atom. The first-order chi connectivity index (χ1) is 7.75. The standard InChI is InChI=1S/C11H19N3OS/c1-14(5-10-7-16-8-13-10)4-9-6-15-3-2-11(9)12/h7-9,11H,2-6,12H2,1H3. The Kier molecular flexibility index (Phi) is 4.29. The first-order valence-corrected chi connectivity index (χ1v) is 6.59. The van der Waals surface area contributed by atoms with E-state index in [9.17, 15) is 0 Å². The number of aromatic nitrogens is 1. The zero-order valence-electron chi connectivity index (χ0n) is 9.63. The largest absolute Gasteiger partial charge is 0.381 e. The third-order valence-electron chi connectivity index (χ3n) is 2.99. The zero-order valence-corrected chi connectivity index (χ0v) is 10.4. The van der Waals surface area contributed by atoms with Gasteiger partial charge in [0, 0.05) is 37.0 Å². The summed E-state index contributed by atoms with van der Waals surface area (Å²) in [4.78, 5) is 6.55. The van der Waals surface area contributed by atoms with Crippen molar-refractivity contribution in [3.05, 3.63) is 16.6 Å². The predicted octanol–water partition coefficient (Wildman–Crippen LogP) is 0.939. The number of nitrogens with zero attached hydrogens (tertiary/aromatic N) is 2. The summed E-state index contributed by atoms with van der Waals surface area (Å²) in [6.07, 6.45) is 0.981. The minimum atomic E-state index is 0.284. The van der Waals surface area contributed by atoms with Crippen LogP contribution in [0.3, 0.4) is 0 Å². The highest BCUT2D eigenvalue weighted by molar-refractivity contribution is 7.07. The van der Waals surface area contributed by atoms with Crippen molar-refractivity contribution in [2.75, 3.05) is 26.8 Å². The molecule has 2 rings (SSSR count). The highest BCUT2D eigenvalue weighted by atomic mass is 32.1. The van der Waals surface area contributed by atoms with Crippen LogP contribution in [0.4, 0.5) is 0 Å². The summed E-state index contributed by atoms with van der Waals surface area (Å²) in [5, 5.41) is 2.09. The van der Waals surface area contributed by atoms with Crippen LogP contribution in [0, 0.1) is 5.92 Å². The summed E-state index contributed by atoms with van der Waals surface area (Å²) in [7, 11) is 2.11. The molecule has 1 aromatic rings. The topological polar surface area (TPSA) is 51.4 Å². The molecule has 5 heteroatoms. The lowest BCUT2D eigenvalue weighted by molar-refractivity contribution is 0.0284. The molecule has 2 N–H and O–H groups in total. The van der Waals surface area contributed by atoms with Crippen LogP contribution < -0.4 is 5.73 Å². The molecule has 0 amide bonds. The smallest absolute Gasteiger partial charge is 0.0795 e. The highest BCUT2D eigenvalue weighted by Crippen LogP contribution is 2.15. The summed E-state index contributed by atoms with van der Waals surface area (Å²) in [6, 6.07) is 0.284. The number of rotatable bonds is 4. The Balaban J connectivity index is 1.79. The second-order valence-electron chi connectivity index (χ2n) is 4.46. The van der Waals surface area contributed by atoms with Crippen LogP contribution in [0.25, 0.3) is 0 Å². The molecule has 1 aliphatic rings. The van der Waals surface area contributed by atoms with Crippen molar-refractivity contribution in [2.24, 2.45) is 11.7 Å². The van der Waals surface area contributed by atoms with Crippen LogP contribution >= 0.6 is 11.3 Å². The predicted molar refractivity (Wildman–Crippen MR) is 65.3 cm³/mol. The van der Waals surface area contributed by atoms with Gasteiger partial charge in [-0.25, -0.2) is 4.98 Å². The fourth-order valence-electron chi connectivity index (χ4n) is 2.06. The summed E-state index contributed by atoms with van der Waals surface area (Å²) in [5.74, 6) is 0.456. The molecule has 4 nitrogen and oxygen atoms in total. The number of ether oxygens (including phenoxy) is 1. The van der Waals surface area contributed by atoms with Crippen molar-refractivity contribution in [3.8, 4) is 0 Å². The summed E-state index contributed by atoms with van der Waals surface area (Å²) >= 11 is 1.64. The van der Waals surface area contributed by atoms with Gasteiger partial charge in [-0.15, -0.1) is 11.3 Å². The highest BCUT2D eigenvalue weighted by Gasteiger charge is 2.23. The van der Waals surface area contributed by atoms with E-state index < -0.39 is 0 Å². The molecule has 1 aliphatic heterocycles. The maximum Gasteiger partial charge on any atom is 0.0795 e. The average Bonchev–Trinajstić information content (AvgIpc) is 2.74. The summed E-state index contributed by atoms with van der Waals surface area (Å²) < 4.78 is 5.47. The molecule has 1 fully saturated rings. The molecule has 2 unspecified atom stereocenters. The van der Waals surface area contributed by atoms with Gasteiger partial charge in [-0.05, 0) is 13.5 Å². The number of nitrogens with two attached hydrogens (primary N) is 1. The van der Waals surface area contributed by atoms with Gasteiger partial charge in [0.2, 0.25) is 0 Å². The van der Waals surface area contributed by atoms with E-state index in [0.29, 0.717) is 5.92 Å². The lowest BCUT2D eigenvalue weighted by Gasteiger charge is -2.31. The van der Waals surface area contributed by atoms with Crippen molar-refractivity contribution in [2.45, 2.75) is 19.0 Å². The maximum atomic E-state index is 6.08. The molecular formula is C11H19N3OS. The third-order valence-corrected chi connectivity index (χ3v) is 3.63. The van der Waals surface area contributed by atoms with Gasteiger partial charge in [-0.1, -0.05) is 0 Å². The molecule has 1 aromatic heterocycles. The molecule has 0 radical (unpaired) electrons. The van der Waals surface area contributed by atoms with Crippen molar-refractivity contribution in [1.29, 1.82) is 0 Å². The quantitative estimate of drug-likeness (QED) is 0.852. The van der Waals surface area contributed by atoms with Gasteiger partial charge >= 0.3 is 0 Å². The molecule has 2 atom stereocenters. The van der Waals surface area contributed by atoms with E-state index in [1.54, 1.807) is 11.3 Å². The lowest BCUT2D eigenvalue weighted by Crippen LogP contribution is -2.44. The molecule has 16 heavy (non-hydrogen) atoms. The Morgan fingerprint density at radius 1 is 1.69 bits per heavy atom. The Labute approximate surface area is 100 Å². The second kappa shape index (κ2) is 5.72. The van der Waals surface area contributed by atoms with Crippen LogP contribution in [0.5, 0.6) is 0 Å². The van der Waals surface area contributed by atoms with Crippen molar-refractivity contribution in [3.63, 3.8) is 0 Å². The van der Waals surface area contributed by atoms with Gasteiger partial charge in [0.1, 0.15) is 0 Å². The van der Waals surface area contributed by atoms with E-state index in [1.807, 2.05) is 5.51 Å². The maximum absolute atomic E-state index is 6.08. The van der Waals surface area contributed by atoms with E-state index in [4.69, 9.17) is 10.5 Å². The summed E-state index contributed by atoms with van der Waals surface area (Å²) in [5.41, 5.74) is 9.09. The van der Waals surface area contributed by atoms with E-state index in [-0.39, 0.29) is 6.04 Å². The number of thiazole rings is 1. The Hall–Kier alpha value is -0.490. The number of hydrogen-bond acceptors (Lipinski definition) is 5. The van der Waals surface area contributed by atoms with Crippen LogP contribution in [-0.2, 0) is 11.3 Å². The number of hydrogen-bond donors (Lipinski definition) is 1. The lowest BCUT2D eigenvalue weighted by atomic mass is 9.96. The van der Waals surface area contributed by atoms with E-state index in [2.05, 4.69) is 22.3 Å². The van der Waals surface area contributed by atoms with Crippen molar-refractivity contribution >= 4 is 11.3 Å². The monoisotopic (exact) mass is 241 g/mol. The fraction of sp³-hybridized carbons (Fsp3) is 0.727. The molecule has 0 saturated carbocycles. The van der Waals surface area contributed by atoms with Crippen LogP contribution in [0.2, 0.25) is 0 Å². The fourth-order valence-corrected chi connectivity index (χ4v) is 2.61. The van der Waals surface area contributed by atoms with Gasteiger partial charge in [0.25, 0.3) is 0 Å². The van der Waals surface area contributed by atoms with Gasteiger partial charge in [0.15, 0.2) is 0 Å². The molecular weight excluding hydrogens is 222 g/mol. The minimum Gasteiger partial charge on any atom is -0.381 e. The molecule has 0 bridgehead atoms. The average molecular weight is 241 g/mol. The molecule has 90 valence electrons. The minimum absolute atomic E-state index is 0.284. The van der Waals surface area contributed by atoms with Crippen LogP contribution in [-0.4, -0.2) is 42.7 Å². The van der Waals surface area contributed by atoms with Crippen molar-refractivity contribution in [1.82, 2.24) is 9.88 Å². The molecule has 1 saturated heterocycles. The SMILES string of the molecule is CN(Cc1cscn1)CC1COCCC1N. The molecule has 0 spiro atoms. The van der Waals surface area contributed by atoms with Gasteiger partial charge in [0.05, 0.1) is 17.8 Å². The third kappa shape index (κ3) is 3.25. The first-order valence-electron chi connectivity index (χ1n) is 5.64. The van der Waals surface area contributed by atoms with Crippen LogP contribution in [0.1, 0.15) is 12.1 Å². The molecule has 2 heterocycles. The first kappa shape index (κ1) is 12.0. The van der Waals surface area contributed by atoms with E-state index in [1.165, 1.54) is 0 Å². The second-order valence-corrected chi connectivity index (χ2v) is 5.18. The van der Waals surface area contributed by atoms with Gasteiger partial charge in [-0.3, -0.25) is 0 Å². The molecule has 0 aromatic carbocycles. The van der Waals surface area contributed by atoms with Gasteiger partial charge < -0.3 is 15.4 Å². The van der Waals surface area contributed by atoms with E-state index >= 15 is 0 Å². The summed E-state index contributed by atoms with van der Waals surface area (Å²) in [6.45, 7) is 3.49. The Bertz CT molecular complexity index is 304. The van der Waals surface area contributed by atoms with Gasteiger partial charge in [-0.2, -0.15) is 0 Å². The Morgan fingerprint density at radius 2 is 2.56 bits per heavy atom. The zero-order chi connectivity index (χ0) is 11.4. The van der Waals surface area contributed by atoms with E-state index in [0.717, 1.165) is 38.4 Å². The molecule has 0 aliphatic carbocycles. The normalized spacial score (nSPS) is 26.2. The van der Waals surface area contributed by atoms with Crippen molar-refractivity contribution < 1.29 is 4.74 Å². The van der Waals surface area contributed by atoms with Crippen LogP contribution in [0.15, 0.2) is 10.9 Å².